The van der Waals surface area contributed by atoms with E-state index in [0.717, 1.165) is 52.6 Å². The lowest BCUT2D eigenvalue weighted by Gasteiger charge is -2.51. The molecule has 3 aromatic carbocycles. The molecule has 1 saturated carbocycles. The van der Waals surface area contributed by atoms with Crippen molar-refractivity contribution < 1.29 is 24.2 Å². The lowest BCUT2D eigenvalue weighted by Crippen LogP contribution is -2.61. The smallest absolute Gasteiger partial charge is 0.253 e. The monoisotopic (exact) mass is 744 g/mol. The van der Waals surface area contributed by atoms with E-state index in [1.165, 1.54) is 19.3 Å². The van der Waals surface area contributed by atoms with Gasteiger partial charge in [-0.05, 0) is 92.3 Å². The van der Waals surface area contributed by atoms with Crippen LogP contribution in [0, 0.1) is 11.8 Å². The molecule has 7 atom stereocenters. The fourth-order valence-electron chi connectivity index (χ4n) is 8.81. The summed E-state index contributed by atoms with van der Waals surface area (Å²) >= 11 is 0. The van der Waals surface area contributed by atoms with Gasteiger partial charge in [0.25, 0.3) is 5.91 Å². The molecule has 4 aromatic rings. The molecule has 7 unspecified atom stereocenters. The van der Waals surface area contributed by atoms with Gasteiger partial charge in [0, 0.05) is 48.5 Å². The third kappa shape index (κ3) is 9.18. The second-order valence-electron chi connectivity index (χ2n) is 16.7. The first-order chi connectivity index (χ1) is 26.6. The van der Waals surface area contributed by atoms with Crippen LogP contribution in [-0.4, -0.2) is 57.1 Å². The van der Waals surface area contributed by atoms with Gasteiger partial charge in [0.2, 0.25) is 5.91 Å². The maximum Gasteiger partial charge on any atom is 0.253 e. The van der Waals surface area contributed by atoms with Gasteiger partial charge in [0.15, 0.2) is 6.29 Å². The molecule has 9 nitrogen and oxygen atoms in total. The Morgan fingerprint density at radius 1 is 0.873 bits per heavy atom. The predicted octanol–water partition coefficient (Wildman–Crippen LogP) is 7.90. The largest absolute Gasteiger partial charge is 0.392 e. The fourth-order valence-corrected chi connectivity index (χ4v) is 8.81. The zero-order valence-corrected chi connectivity index (χ0v) is 32.6. The van der Waals surface area contributed by atoms with Crippen LogP contribution in [0.2, 0.25) is 0 Å². The van der Waals surface area contributed by atoms with Gasteiger partial charge >= 0.3 is 0 Å². The number of carbonyl (C=O) groups is 2. The molecule has 9 heteroatoms. The number of benzene rings is 3. The minimum Gasteiger partial charge on any atom is -0.392 e. The molecular formula is C46H56N4O5. The Morgan fingerprint density at radius 2 is 1.62 bits per heavy atom. The molecule has 0 spiro atoms. The lowest BCUT2D eigenvalue weighted by molar-refractivity contribution is -0.278. The number of rotatable bonds is 10. The fraction of sp³-hybridized carbons (Fsp3) is 0.457. The first-order valence-electron chi connectivity index (χ1n) is 20.0. The van der Waals surface area contributed by atoms with E-state index in [0.29, 0.717) is 30.6 Å². The SMILES string of the molecule is CC1C(CN2C(C(=O)NC(C)(C)C)CCC3CCCCC32)OC(c2ccc(-c3ccccc3CNC(=O)c3cccnc3)cc2)OC1c1ccc(CO)cc1. The van der Waals surface area contributed by atoms with Crippen LogP contribution >= 0.6 is 0 Å². The Balaban J connectivity index is 1.15. The Labute approximate surface area is 325 Å². The van der Waals surface area contributed by atoms with Gasteiger partial charge in [-0.25, -0.2) is 0 Å². The van der Waals surface area contributed by atoms with Gasteiger partial charge in [-0.2, -0.15) is 0 Å². The second kappa shape index (κ2) is 17.2. The average molecular weight is 745 g/mol. The van der Waals surface area contributed by atoms with Crippen molar-refractivity contribution in [3.63, 3.8) is 0 Å². The van der Waals surface area contributed by atoms with Crippen LogP contribution in [-0.2, 0) is 27.4 Å². The van der Waals surface area contributed by atoms with E-state index >= 15 is 0 Å². The molecule has 55 heavy (non-hydrogen) atoms. The van der Waals surface area contributed by atoms with E-state index in [1.807, 2.05) is 51.1 Å². The van der Waals surface area contributed by atoms with Crippen molar-refractivity contribution in [2.24, 2.45) is 11.8 Å². The third-order valence-electron chi connectivity index (χ3n) is 11.7. The number of aromatic nitrogens is 1. The molecule has 2 amide bonds. The van der Waals surface area contributed by atoms with Crippen LogP contribution in [0.3, 0.4) is 0 Å². The molecule has 1 aliphatic carbocycles. The first kappa shape index (κ1) is 38.8. The van der Waals surface area contributed by atoms with Crippen LogP contribution in [0.5, 0.6) is 0 Å². The molecule has 3 heterocycles. The van der Waals surface area contributed by atoms with Crippen molar-refractivity contribution >= 4 is 11.8 Å². The van der Waals surface area contributed by atoms with Crippen molar-refractivity contribution in [1.29, 1.82) is 0 Å². The van der Waals surface area contributed by atoms with E-state index in [9.17, 15) is 14.7 Å². The number of nitrogens with zero attached hydrogens (tertiary/aromatic N) is 2. The number of hydrogen-bond acceptors (Lipinski definition) is 7. The normalized spacial score (nSPS) is 25.8. The molecule has 2 aliphatic heterocycles. The second-order valence-corrected chi connectivity index (χ2v) is 16.7. The summed E-state index contributed by atoms with van der Waals surface area (Å²) in [4.78, 5) is 33.3. The number of amides is 2. The highest BCUT2D eigenvalue weighted by atomic mass is 16.7. The zero-order chi connectivity index (χ0) is 38.5. The summed E-state index contributed by atoms with van der Waals surface area (Å²) in [5, 5.41) is 16.1. The Bertz CT molecular complexity index is 1890. The molecule has 2 saturated heterocycles. The lowest BCUT2D eigenvalue weighted by atomic mass is 9.75. The van der Waals surface area contributed by atoms with Gasteiger partial charge in [-0.15, -0.1) is 0 Å². The van der Waals surface area contributed by atoms with Crippen molar-refractivity contribution in [3.05, 3.63) is 125 Å². The van der Waals surface area contributed by atoms with E-state index in [4.69, 9.17) is 9.47 Å². The van der Waals surface area contributed by atoms with Crippen LogP contribution in [0.1, 0.15) is 111 Å². The molecule has 3 fully saturated rings. The molecule has 290 valence electrons. The number of pyridine rings is 1. The van der Waals surface area contributed by atoms with E-state index in [-0.39, 0.29) is 48.1 Å². The molecule has 3 aliphatic rings. The highest BCUT2D eigenvalue weighted by Gasteiger charge is 2.46. The molecule has 7 rings (SSSR count). The number of aliphatic hydroxyl groups is 1. The molecule has 0 bridgehead atoms. The van der Waals surface area contributed by atoms with E-state index in [1.54, 1.807) is 24.5 Å². The van der Waals surface area contributed by atoms with Crippen LogP contribution in [0.25, 0.3) is 11.1 Å². The molecule has 3 N–H and O–H groups in total. The number of likely N-dealkylation sites (tertiary alicyclic amines) is 1. The summed E-state index contributed by atoms with van der Waals surface area (Å²) in [5.74, 6) is 0.536. The average Bonchev–Trinajstić information content (AvgIpc) is 3.20. The third-order valence-corrected chi connectivity index (χ3v) is 11.7. The number of fused-ring (bicyclic) bond motifs is 1. The number of ether oxygens (including phenoxy) is 2. The van der Waals surface area contributed by atoms with Crippen molar-refractivity contribution in [2.45, 2.75) is 115 Å². The highest BCUT2D eigenvalue weighted by molar-refractivity contribution is 5.93. The number of nitrogens with one attached hydrogen (secondary N) is 2. The summed E-state index contributed by atoms with van der Waals surface area (Å²) in [6, 6.07) is 28.1. The van der Waals surface area contributed by atoms with Crippen molar-refractivity contribution in [1.82, 2.24) is 20.5 Å². The number of hydrogen-bond donors (Lipinski definition) is 3. The molecular weight excluding hydrogens is 689 g/mol. The Kier molecular flexibility index (Phi) is 12.1. The van der Waals surface area contributed by atoms with Crippen LogP contribution < -0.4 is 10.6 Å². The summed E-state index contributed by atoms with van der Waals surface area (Å²) in [7, 11) is 0. The number of piperidine rings is 1. The van der Waals surface area contributed by atoms with E-state index < -0.39 is 6.29 Å². The van der Waals surface area contributed by atoms with Crippen molar-refractivity contribution in [3.8, 4) is 11.1 Å². The van der Waals surface area contributed by atoms with Crippen LogP contribution in [0.4, 0.5) is 0 Å². The van der Waals surface area contributed by atoms with Gasteiger partial charge in [0.1, 0.15) is 0 Å². The standard InChI is InChI=1S/C46H56N4O5/c1-30-41(28-50-39-14-8-6-10-33(39)23-24-40(50)44(53)49-46(2,3)4)54-45(55-42(30)34-17-15-31(29-51)16-18-34)35-21-19-32(20-22-35)38-13-7-5-11-36(38)27-48-43(52)37-12-9-25-47-26-37/h5,7,9,11-13,15-22,25-26,30,33,39-42,45,51H,6,8,10,14,23-24,27-29H2,1-4H3,(H,48,52)(H,49,53). The minimum absolute atomic E-state index is 0.000418. The minimum atomic E-state index is -0.624. The maximum absolute atomic E-state index is 13.9. The number of carbonyl (C=O) groups excluding carboxylic acids is 2. The van der Waals surface area contributed by atoms with Gasteiger partial charge in [-0.3, -0.25) is 19.5 Å². The number of aliphatic hydroxyl groups excluding tert-OH is 1. The Morgan fingerprint density at radius 3 is 2.35 bits per heavy atom. The maximum atomic E-state index is 13.9. The summed E-state index contributed by atoms with van der Waals surface area (Å²) in [6.07, 6.45) is 8.84. The molecule has 1 aromatic heterocycles. The molecule has 0 radical (unpaired) electrons. The van der Waals surface area contributed by atoms with Gasteiger partial charge in [0.05, 0.1) is 30.4 Å². The summed E-state index contributed by atoms with van der Waals surface area (Å²) < 4.78 is 13.8. The van der Waals surface area contributed by atoms with E-state index in [2.05, 4.69) is 69.9 Å². The Hall–Kier alpha value is -4.41. The first-order valence-corrected chi connectivity index (χ1v) is 20.0. The summed E-state index contributed by atoms with van der Waals surface area (Å²) in [6.45, 7) is 9.36. The topological polar surface area (TPSA) is 113 Å². The predicted molar refractivity (Wildman–Crippen MR) is 214 cm³/mol. The van der Waals surface area contributed by atoms with Gasteiger partial charge in [-0.1, -0.05) is 92.6 Å². The van der Waals surface area contributed by atoms with Gasteiger partial charge < -0.3 is 25.2 Å². The van der Waals surface area contributed by atoms with Crippen molar-refractivity contribution in [2.75, 3.05) is 6.54 Å². The zero-order valence-electron chi connectivity index (χ0n) is 32.6. The quantitative estimate of drug-likeness (QED) is 0.151. The summed E-state index contributed by atoms with van der Waals surface area (Å²) in [5.41, 5.74) is 6.08. The highest BCUT2D eigenvalue weighted by Crippen LogP contribution is 2.44. The van der Waals surface area contributed by atoms with Crippen LogP contribution in [0.15, 0.2) is 97.3 Å².